The molecule has 1 heterocycles. The van der Waals surface area contributed by atoms with Crippen molar-refractivity contribution >= 4 is 23.9 Å². The summed E-state index contributed by atoms with van der Waals surface area (Å²) in [6, 6.07) is 14.5. The molecule has 184 valence electrons. The molecule has 2 aromatic carbocycles. The van der Waals surface area contributed by atoms with Crippen molar-refractivity contribution in [1.82, 2.24) is 16.0 Å². The molecule has 1 saturated heterocycles. The molecule has 3 unspecified atom stereocenters. The maximum atomic E-state index is 12.6. The highest BCUT2D eigenvalue weighted by atomic mass is 16.5. The van der Waals surface area contributed by atoms with Crippen LogP contribution in [0.1, 0.15) is 43.2 Å². The minimum atomic E-state index is -1.16. The molecule has 3 atom stereocenters. The molecule has 0 aromatic heterocycles. The van der Waals surface area contributed by atoms with E-state index in [-0.39, 0.29) is 25.5 Å². The lowest BCUT2D eigenvalue weighted by atomic mass is 9.98. The molecule has 2 aliphatic rings. The maximum absolute atomic E-state index is 12.6. The summed E-state index contributed by atoms with van der Waals surface area (Å²) in [5.74, 6) is -3.28. The van der Waals surface area contributed by atoms with E-state index < -0.39 is 41.9 Å². The van der Waals surface area contributed by atoms with Gasteiger partial charge in [0.05, 0.1) is 0 Å². The molecule has 1 fully saturated rings. The first kappa shape index (κ1) is 24.3. The summed E-state index contributed by atoms with van der Waals surface area (Å²) >= 11 is 0. The highest BCUT2D eigenvalue weighted by Gasteiger charge is 2.40. The Bertz CT molecular complexity index is 1090. The van der Waals surface area contributed by atoms with Gasteiger partial charge in [-0.25, -0.2) is 4.79 Å². The van der Waals surface area contributed by atoms with Crippen molar-refractivity contribution in [2.45, 2.75) is 44.2 Å². The van der Waals surface area contributed by atoms with E-state index in [0.29, 0.717) is 12.8 Å². The molecule has 4 N–H and O–H groups in total. The minimum Gasteiger partial charge on any atom is -0.481 e. The number of benzene rings is 2. The van der Waals surface area contributed by atoms with Crippen LogP contribution in [0.15, 0.2) is 48.5 Å². The number of aliphatic carboxylic acids is 1. The molecule has 9 nitrogen and oxygen atoms in total. The lowest BCUT2D eigenvalue weighted by molar-refractivity contribution is -0.143. The average Bonchev–Trinajstić information content (AvgIpc) is 3.35. The normalized spacial score (nSPS) is 19.3. The molecule has 0 saturated carbocycles. The number of alkyl carbamates (subject to hydrolysis) is 1. The second-order valence-corrected chi connectivity index (χ2v) is 8.89. The van der Waals surface area contributed by atoms with Crippen molar-refractivity contribution in [3.63, 3.8) is 0 Å². The Morgan fingerprint density at radius 2 is 1.71 bits per heavy atom. The van der Waals surface area contributed by atoms with Crippen LogP contribution in [-0.4, -0.2) is 54.2 Å². The summed E-state index contributed by atoms with van der Waals surface area (Å²) in [7, 11) is 0. The van der Waals surface area contributed by atoms with Crippen LogP contribution in [0.4, 0.5) is 4.79 Å². The van der Waals surface area contributed by atoms with E-state index in [1.807, 2.05) is 43.3 Å². The second kappa shape index (κ2) is 10.6. The first-order valence-electron chi connectivity index (χ1n) is 11.8. The molecule has 2 aromatic rings. The Morgan fingerprint density at radius 3 is 2.31 bits per heavy atom. The number of carbonyl (C=O) groups excluding carboxylic acids is 3. The lowest BCUT2D eigenvalue weighted by Crippen LogP contribution is -2.48. The van der Waals surface area contributed by atoms with Gasteiger partial charge in [0, 0.05) is 24.9 Å². The summed E-state index contributed by atoms with van der Waals surface area (Å²) in [6.07, 6.45) is 0.522. The number of hydrogen-bond acceptors (Lipinski definition) is 5. The largest absolute Gasteiger partial charge is 0.481 e. The smallest absolute Gasteiger partial charge is 0.407 e. The number of carbonyl (C=O) groups is 4. The topological polar surface area (TPSA) is 134 Å². The molecule has 1 aliphatic heterocycles. The number of ether oxygens (including phenoxy) is 1. The van der Waals surface area contributed by atoms with Gasteiger partial charge in [-0.3, -0.25) is 14.4 Å². The van der Waals surface area contributed by atoms with Crippen LogP contribution < -0.4 is 16.0 Å². The van der Waals surface area contributed by atoms with E-state index in [0.717, 1.165) is 22.3 Å². The third-order valence-corrected chi connectivity index (χ3v) is 6.55. The highest BCUT2D eigenvalue weighted by Crippen LogP contribution is 2.44. The fourth-order valence-electron chi connectivity index (χ4n) is 4.85. The van der Waals surface area contributed by atoms with E-state index in [2.05, 4.69) is 28.1 Å². The highest BCUT2D eigenvalue weighted by molar-refractivity contribution is 5.94. The second-order valence-electron chi connectivity index (χ2n) is 8.89. The molecule has 9 heteroatoms. The van der Waals surface area contributed by atoms with E-state index in [4.69, 9.17) is 4.74 Å². The van der Waals surface area contributed by atoms with Crippen LogP contribution in [-0.2, 0) is 19.1 Å². The number of carboxylic acids is 1. The molecule has 35 heavy (non-hydrogen) atoms. The molecule has 4 rings (SSSR count). The summed E-state index contributed by atoms with van der Waals surface area (Å²) in [6.45, 7) is 2.05. The molecular formula is C26H29N3O6. The quantitative estimate of drug-likeness (QED) is 0.436. The predicted molar refractivity (Wildman–Crippen MR) is 128 cm³/mol. The maximum Gasteiger partial charge on any atom is 0.407 e. The van der Waals surface area contributed by atoms with Gasteiger partial charge < -0.3 is 25.8 Å². The van der Waals surface area contributed by atoms with Crippen molar-refractivity contribution in [2.24, 2.45) is 5.92 Å². The van der Waals surface area contributed by atoms with Crippen LogP contribution in [0, 0.1) is 5.92 Å². The molecule has 1 aliphatic carbocycles. The zero-order valence-electron chi connectivity index (χ0n) is 19.5. The van der Waals surface area contributed by atoms with Crippen molar-refractivity contribution < 1.29 is 29.0 Å². The molecule has 0 spiro atoms. The van der Waals surface area contributed by atoms with Crippen molar-refractivity contribution in [2.75, 3.05) is 13.2 Å². The molecule has 0 radical (unpaired) electrons. The Kier molecular flexibility index (Phi) is 7.33. The van der Waals surface area contributed by atoms with Gasteiger partial charge in [-0.15, -0.1) is 0 Å². The summed E-state index contributed by atoms with van der Waals surface area (Å²) in [5, 5.41) is 17.0. The van der Waals surface area contributed by atoms with Crippen LogP contribution in [0.25, 0.3) is 11.1 Å². The number of amides is 3. The number of nitrogens with one attached hydrogen (secondary N) is 3. The number of fused-ring (bicyclic) bond motifs is 3. The van der Waals surface area contributed by atoms with E-state index >= 15 is 0 Å². The fraction of sp³-hybridized carbons (Fsp3) is 0.385. The van der Waals surface area contributed by atoms with Gasteiger partial charge in [0.1, 0.15) is 18.6 Å². The fourth-order valence-corrected chi connectivity index (χ4v) is 4.85. The van der Waals surface area contributed by atoms with Gasteiger partial charge in [-0.1, -0.05) is 61.9 Å². The third kappa shape index (κ3) is 5.29. The number of hydrogen-bond donors (Lipinski definition) is 4. The molecule has 3 amide bonds. The van der Waals surface area contributed by atoms with Gasteiger partial charge >= 0.3 is 12.1 Å². The van der Waals surface area contributed by atoms with Gasteiger partial charge in [0.2, 0.25) is 11.8 Å². The van der Waals surface area contributed by atoms with E-state index in [9.17, 15) is 24.3 Å². The Hall–Kier alpha value is -3.88. The monoisotopic (exact) mass is 479 g/mol. The molecule has 0 bridgehead atoms. The van der Waals surface area contributed by atoms with Crippen LogP contribution in [0.3, 0.4) is 0 Å². The summed E-state index contributed by atoms with van der Waals surface area (Å²) < 4.78 is 5.57. The van der Waals surface area contributed by atoms with Crippen molar-refractivity contribution in [3.8, 4) is 11.1 Å². The first-order valence-corrected chi connectivity index (χ1v) is 11.8. The van der Waals surface area contributed by atoms with Gasteiger partial charge in [0.15, 0.2) is 0 Å². The summed E-state index contributed by atoms with van der Waals surface area (Å²) in [5.41, 5.74) is 4.48. The zero-order valence-corrected chi connectivity index (χ0v) is 19.5. The van der Waals surface area contributed by atoms with Crippen LogP contribution in [0.5, 0.6) is 0 Å². The Morgan fingerprint density at radius 1 is 1.09 bits per heavy atom. The van der Waals surface area contributed by atoms with Gasteiger partial charge in [0.25, 0.3) is 0 Å². The average molecular weight is 480 g/mol. The third-order valence-electron chi connectivity index (χ3n) is 6.55. The van der Waals surface area contributed by atoms with Gasteiger partial charge in [-0.05, 0) is 28.7 Å². The minimum absolute atomic E-state index is 0.0322. The van der Waals surface area contributed by atoms with Crippen molar-refractivity contribution in [3.05, 3.63) is 59.7 Å². The van der Waals surface area contributed by atoms with Gasteiger partial charge in [-0.2, -0.15) is 0 Å². The Balaban J connectivity index is 1.34. The van der Waals surface area contributed by atoms with E-state index in [1.54, 1.807) is 0 Å². The SMILES string of the molecule is CCCC(CC(=O)NC1C(=O)NCC1C(=O)O)NC(=O)OCC1c2ccccc2-c2ccccc21. The lowest BCUT2D eigenvalue weighted by Gasteiger charge is -2.21. The number of carboxylic acid groups (broad SMARTS) is 1. The summed E-state index contributed by atoms with van der Waals surface area (Å²) in [4.78, 5) is 48.4. The standard InChI is InChI=1S/C26H29N3O6/c1-2-7-15(12-22(30)29-23-20(25(32)33)13-27-24(23)31)28-26(34)35-14-21-18-10-5-3-8-16(18)17-9-4-6-11-19(17)21/h3-6,8-11,15,20-21,23H,2,7,12-14H2,1H3,(H,27,31)(H,28,34)(H,29,30)(H,32,33). The first-order chi connectivity index (χ1) is 16.9. The predicted octanol–water partition coefficient (Wildman–Crippen LogP) is 2.40. The molecular weight excluding hydrogens is 450 g/mol. The van der Waals surface area contributed by atoms with Crippen molar-refractivity contribution in [1.29, 1.82) is 0 Å². The van der Waals surface area contributed by atoms with Crippen LogP contribution >= 0.6 is 0 Å². The number of rotatable bonds is 9. The zero-order chi connectivity index (χ0) is 24.9. The van der Waals surface area contributed by atoms with Crippen LogP contribution in [0.2, 0.25) is 0 Å². The van der Waals surface area contributed by atoms with E-state index in [1.165, 1.54) is 0 Å². The Labute approximate surface area is 203 Å².